The summed E-state index contributed by atoms with van der Waals surface area (Å²) in [7, 11) is 1.93. The van der Waals surface area contributed by atoms with Crippen LogP contribution in [0.3, 0.4) is 0 Å². The smallest absolute Gasteiger partial charge is 0.101 e. The minimum absolute atomic E-state index is 0.381. The predicted molar refractivity (Wildman–Crippen MR) is 83.5 cm³/mol. The molecule has 1 aromatic carbocycles. The number of nitrogens with one attached hydrogen (secondary N) is 1. The van der Waals surface area contributed by atoms with Gasteiger partial charge in [0, 0.05) is 29.8 Å². The van der Waals surface area contributed by atoms with Gasteiger partial charge in [0.05, 0.1) is 16.9 Å². The standard InChI is InChI=1S/C15H17BrN4/c1-10(2)15-12(9-20(3)19-15)8-18-14-6-13(16)5-4-11(14)7-17/h4-6,9-10,18H,8H2,1-3H3. The van der Waals surface area contributed by atoms with Crippen LogP contribution >= 0.6 is 15.9 Å². The highest BCUT2D eigenvalue weighted by Crippen LogP contribution is 2.23. The van der Waals surface area contributed by atoms with Crippen LogP contribution in [0, 0.1) is 11.3 Å². The van der Waals surface area contributed by atoms with E-state index in [2.05, 4.69) is 46.3 Å². The van der Waals surface area contributed by atoms with Crippen LogP contribution in [0.5, 0.6) is 0 Å². The second kappa shape index (κ2) is 6.10. The van der Waals surface area contributed by atoms with Crippen LogP contribution in [0.2, 0.25) is 0 Å². The molecule has 2 aromatic rings. The summed E-state index contributed by atoms with van der Waals surface area (Å²) in [4.78, 5) is 0. The Morgan fingerprint density at radius 3 is 2.85 bits per heavy atom. The van der Waals surface area contributed by atoms with E-state index in [0.717, 1.165) is 21.4 Å². The highest BCUT2D eigenvalue weighted by Gasteiger charge is 2.11. The molecule has 0 radical (unpaired) electrons. The monoisotopic (exact) mass is 332 g/mol. The lowest BCUT2D eigenvalue weighted by molar-refractivity contribution is 0.712. The number of hydrogen-bond acceptors (Lipinski definition) is 3. The van der Waals surface area contributed by atoms with Crippen LogP contribution in [0.25, 0.3) is 0 Å². The van der Waals surface area contributed by atoms with Crippen molar-refractivity contribution in [1.29, 1.82) is 5.26 Å². The number of nitrogens with zero attached hydrogens (tertiary/aromatic N) is 3. The molecule has 0 unspecified atom stereocenters. The summed E-state index contributed by atoms with van der Waals surface area (Å²) in [5.74, 6) is 0.381. The predicted octanol–water partition coefficient (Wildman–Crippen LogP) is 3.79. The van der Waals surface area contributed by atoms with Gasteiger partial charge in [-0.2, -0.15) is 10.4 Å². The number of anilines is 1. The molecule has 0 atom stereocenters. The molecule has 1 N–H and O–H groups in total. The molecule has 0 amide bonds. The summed E-state index contributed by atoms with van der Waals surface area (Å²) in [6.07, 6.45) is 2.02. The van der Waals surface area contributed by atoms with Gasteiger partial charge in [-0.1, -0.05) is 29.8 Å². The molecule has 0 fully saturated rings. The molecule has 4 nitrogen and oxygen atoms in total. The molecule has 5 heteroatoms. The maximum absolute atomic E-state index is 9.13. The molecule has 1 heterocycles. The van der Waals surface area contributed by atoms with Crippen LogP contribution in [-0.2, 0) is 13.6 Å². The zero-order valence-electron chi connectivity index (χ0n) is 11.8. The fraction of sp³-hybridized carbons (Fsp3) is 0.333. The van der Waals surface area contributed by atoms with Crippen LogP contribution in [-0.4, -0.2) is 9.78 Å². The summed E-state index contributed by atoms with van der Waals surface area (Å²) in [5.41, 5.74) is 3.73. The van der Waals surface area contributed by atoms with Crippen molar-refractivity contribution in [2.45, 2.75) is 26.3 Å². The van der Waals surface area contributed by atoms with Crippen LogP contribution < -0.4 is 5.32 Å². The number of nitriles is 1. The number of hydrogen-bond donors (Lipinski definition) is 1. The molecule has 0 aliphatic rings. The average molecular weight is 333 g/mol. The Labute approximate surface area is 127 Å². The van der Waals surface area contributed by atoms with Crippen molar-refractivity contribution in [3.05, 3.63) is 45.7 Å². The van der Waals surface area contributed by atoms with Gasteiger partial charge in [0.15, 0.2) is 0 Å². The van der Waals surface area contributed by atoms with Gasteiger partial charge in [-0.25, -0.2) is 0 Å². The molecule has 0 aliphatic carbocycles. The summed E-state index contributed by atoms with van der Waals surface area (Å²) in [6.45, 7) is 4.92. The quantitative estimate of drug-likeness (QED) is 0.926. The van der Waals surface area contributed by atoms with Gasteiger partial charge in [0.2, 0.25) is 0 Å². The maximum Gasteiger partial charge on any atom is 0.101 e. The Morgan fingerprint density at radius 1 is 1.45 bits per heavy atom. The molecular weight excluding hydrogens is 316 g/mol. The van der Waals surface area contributed by atoms with Gasteiger partial charge in [-0.3, -0.25) is 4.68 Å². The van der Waals surface area contributed by atoms with Crippen molar-refractivity contribution >= 4 is 21.6 Å². The summed E-state index contributed by atoms with van der Waals surface area (Å²) < 4.78 is 2.78. The molecule has 104 valence electrons. The molecule has 0 saturated carbocycles. The molecule has 2 rings (SSSR count). The number of aryl methyl sites for hydroxylation is 1. The number of halogens is 1. The minimum Gasteiger partial charge on any atom is -0.380 e. The number of rotatable bonds is 4. The molecule has 0 aliphatic heterocycles. The second-order valence-corrected chi connectivity index (χ2v) is 5.94. The van der Waals surface area contributed by atoms with Gasteiger partial charge >= 0.3 is 0 Å². The summed E-state index contributed by atoms with van der Waals surface area (Å²) >= 11 is 3.43. The van der Waals surface area contributed by atoms with Gasteiger partial charge in [-0.15, -0.1) is 0 Å². The summed E-state index contributed by atoms with van der Waals surface area (Å²) in [6, 6.07) is 7.79. The van der Waals surface area contributed by atoms with E-state index in [1.165, 1.54) is 0 Å². The largest absolute Gasteiger partial charge is 0.380 e. The first-order valence-corrected chi connectivity index (χ1v) is 7.26. The van der Waals surface area contributed by atoms with E-state index < -0.39 is 0 Å². The topological polar surface area (TPSA) is 53.6 Å². The lowest BCUT2D eigenvalue weighted by Gasteiger charge is -2.10. The molecular formula is C15H17BrN4. The van der Waals surface area contributed by atoms with E-state index in [-0.39, 0.29) is 0 Å². The third-order valence-electron chi connectivity index (χ3n) is 3.06. The number of aromatic nitrogens is 2. The third-order valence-corrected chi connectivity index (χ3v) is 3.55. The molecule has 0 saturated heterocycles. The van der Waals surface area contributed by atoms with E-state index in [1.807, 2.05) is 30.1 Å². The van der Waals surface area contributed by atoms with Crippen LogP contribution in [0.1, 0.15) is 36.6 Å². The van der Waals surface area contributed by atoms with E-state index >= 15 is 0 Å². The van der Waals surface area contributed by atoms with Gasteiger partial charge in [0.1, 0.15) is 6.07 Å². The first-order chi connectivity index (χ1) is 9.51. The van der Waals surface area contributed by atoms with Gasteiger partial charge in [-0.05, 0) is 24.1 Å². The zero-order valence-corrected chi connectivity index (χ0v) is 13.4. The minimum atomic E-state index is 0.381. The van der Waals surface area contributed by atoms with Crippen molar-refractivity contribution in [2.75, 3.05) is 5.32 Å². The molecule has 0 bridgehead atoms. The highest BCUT2D eigenvalue weighted by molar-refractivity contribution is 9.10. The van der Waals surface area contributed by atoms with E-state index in [9.17, 15) is 0 Å². The van der Waals surface area contributed by atoms with Crippen molar-refractivity contribution in [3.63, 3.8) is 0 Å². The number of benzene rings is 1. The van der Waals surface area contributed by atoms with E-state index in [4.69, 9.17) is 5.26 Å². The Balaban J connectivity index is 2.21. The van der Waals surface area contributed by atoms with Crippen LogP contribution in [0.15, 0.2) is 28.9 Å². The highest BCUT2D eigenvalue weighted by atomic mass is 79.9. The lowest BCUT2D eigenvalue weighted by atomic mass is 10.1. The van der Waals surface area contributed by atoms with E-state index in [0.29, 0.717) is 18.0 Å². The van der Waals surface area contributed by atoms with Crippen molar-refractivity contribution in [1.82, 2.24) is 9.78 Å². The van der Waals surface area contributed by atoms with Gasteiger partial charge in [0.25, 0.3) is 0 Å². The maximum atomic E-state index is 9.13. The van der Waals surface area contributed by atoms with Crippen molar-refractivity contribution in [2.24, 2.45) is 7.05 Å². The van der Waals surface area contributed by atoms with Gasteiger partial charge < -0.3 is 5.32 Å². The normalized spacial score (nSPS) is 10.6. The fourth-order valence-electron chi connectivity index (χ4n) is 2.13. The van der Waals surface area contributed by atoms with Crippen LogP contribution in [0.4, 0.5) is 5.69 Å². The lowest BCUT2D eigenvalue weighted by Crippen LogP contribution is -2.04. The molecule has 0 spiro atoms. The third kappa shape index (κ3) is 3.20. The fourth-order valence-corrected chi connectivity index (χ4v) is 2.49. The average Bonchev–Trinajstić information content (AvgIpc) is 2.78. The Hall–Kier alpha value is -1.80. The first-order valence-electron chi connectivity index (χ1n) is 6.47. The Morgan fingerprint density at radius 2 is 2.20 bits per heavy atom. The zero-order chi connectivity index (χ0) is 14.7. The molecule has 1 aromatic heterocycles. The van der Waals surface area contributed by atoms with Crippen molar-refractivity contribution < 1.29 is 0 Å². The van der Waals surface area contributed by atoms with Crippen molar-refractivity contribution in [3.8, 4) is 6.07 Å². The SMILES string of the molecule is CC(C)c1nn(C)cc1CNc1cc(Br)ccc1C#N. The summed E-state index contributed by atoms with van der Waals surface area (Å²) in [5, 5.41) is 16.9. The second-order valence-electron chi connectivity index (χ2n) is 5.02. The first kappa shape index (κ1) is 14.6. The molecule has 20 heavy (non-hydrogen) atoms. The Kier molecular flexibility index (Phi) is 4.46. The van der Waals surface area contributed by atoms with E-state index in [1.54, 1.807) is 6.07 Å². The Bertz CT molecular complexity index is 652.